The third-order valence-corrected chi connectivity index (χ3v) is 3.57. The van der Waals surface area contributed by atoms with Crippen molar-refractivity contribution in [2.75, 3.05) is 12.4 Å². The molecule has 0 bridgehead atoms. The van der Waals surface area contributed by atoms with Crippen molar-refractivity contribution in [3.05, 3.63) is 64.2 Å². The number of esters is 1. The van der Waals surface area contributed by atoms with Gasteiger partial charge in [-0.15, -0.1) is 0 Å². The zero-order valence-corrected chi connectivity index (χ0v) is 14.3. The average Bonchev–Trinajstić information content (AvgIpc) is 2.62. The standard InChI is InChI=1S/C18H18N2O6/c1-12(18(22)19-14-8-4-6-10-16(14)25-2)26-17(21)11-13-7-3-5-9-15(13)20(23)24/h3-10,12H,11H2,1-2H3,(H,19,22)/t12-/m0/s1. The number of nitro groups is 1. The van der Waals surface area contributed by atoms with Gasteiger partial charge in [-0.1, -0.05) is 30.3 Å². The van der Waals surface area contributed by atoms with Gasteiger partial charge in [0.25, 0.3) is 11.6 Å². The van der Waals surface area contributed by atoms with Crippen LogP contribution in [0.3, 0.4) is 0 Å². The number of nitro benzene ring substituents is 1. The third kappa shape index (κ3) is 4.79. The molecule has 0 aliphatic rings. The van der Waals surface area contributed by atoms with Crippen LogP contribution < -0.4 is 10.1 Å². The van der Waals surface area contributed by atoms with E-state index in [4.69, 9.17) is 9.47 Å². The second kappa shape index (κ2) is 8.61. The van der Waals surface area contributed by atoms with Gasteiger partial charge in [0.15, 0.2) is 6.10 Å². The second-order valence-electron chi connectivity index (χ2n) is 5.38. The maximum absolute atomic E-state index is 12.2. The van der Waals surface area contributed by atoms with Crippen LogP contribution >= 0.6 is 0 Å². The lowest BCUT2D eigenvalue weighted by Crippen LogP contribution is -2.30. The number of para-hydroxylation sites is 3. The number of benzene rings is 2. The van der Waals surface area contributed by atoms with Gasteiger partial charge in [-0.25, -0.2) is 0 Å². The van der Waals surface area contributed by atoms with Crippen molar-refractivity contribution < 1.29 is 24.0 Å². The molecule has 0 fully saturated rings. The smallest absolute Gasteiger partial charge is 0.311 e. The highest BCUT2D eigenvalue weighted by Gasteiger charge is 2.22. The van der Waals surface area contributed by atoms with E-state index in [2.05, 4.69) is 5.32 Å². The summed E-state index contributed by atoms with van der Waals surface area (Å²) in [7, 11) is 1.47. The first-order chi connectivity index (χ1) is 12.4. The summed E-state index contributed by atoms with van der Waals surface area (Å²) in [5.41, 5.74) is 0.497. The van der Waals surface area contributed by atoms with Crippen LogP contribution in [0.5, 0.6) is 5.75 Å². The van der Waals surface area contributed by atoms with E-state index in [1.165, 1.54) is 32.2 Å². The number of carbonyl (C=O) groups is 2. The molecule has 0 unspecified atom stereocenters. The Labute approximate surface area is 149 Å². The van der Waals surface area contributed by atoms with Crippen LogP contribution in [0.15, 0.2) is 48.5 Å². The molecular formula is C18H18N2O6. The number of ether oxygens (including phenoxy) is 2. The molecule has 136 valence electrons. The molecular weight excluding hydrogens is 340 g/mol. The van der Waals surface area contributed by atoms with Crippen LogP contribution in [-0.4, -0.2) is 30.0 Å². The molecule has 0 aromatic heterocycles. The molecule has 1 N–H and O–H groups in total. The van der Waals surface area contributed by atoms with Crippen molar-refractivity contribution in [1.82, 2.24) is 0 Å². The number of hydrogen-bond acceptors (Lipinski definition) is 6. The number of hydrogen-bond donors (Lipinski definition) is 1. The van der Waals surface area contributed by atoms with Crippen molar-refractivity contribution in [2.45, 2.75) is 19.4 Å². The summed E-state index contributed by atoms with van der Waals surface area (Å²) in [4.78, 5) is 34.6. The number of methoxy groups -OCH3 is 1. The van der Waals surface area contributed by atoms with E-state index in [9.17, 15) is 19.7 Å². The molecule has 0 aliphatic heterocycles. The Bertz CT molecular complexity index is 821. The Morgan fingerprint density at radius 3 is 2.50 bits per heavy atom. The Balaban J connectivity index is 1.98. The van der Waals surface area contributed by atoms with Crippen molar-refractivity contribution in [1.29, 1.82) is 0 Å². The van der Waals surface area contributed by atoms with Gasteiger partial charge in [-0.3, -0.25) is 19.7 Å². The molecule has 8 heteroatoms. The molecule has 0 spiro atoms. The monoisotopic (exact) mass is 358 g/mol. The van der Waals surface area contributed by atoms with Gasteiger partial charge < -0.3 is 14.8 Å². The van der Waals surface area contributed by atoms with Crippen molar-refractivity contribution in [3.8, 4) is 5.75 Å². The van der Waals surface area contributed by atoms with Gasteiger partial charge >= 0.3 is 5.97 Å². The lowest BCUT2D eigenvalue weighted by atomic mass is 10.1. The minimum Gasteiger partial charge on any atom is -0.495 e. The molecule has 26 heavy (non-hydrogen) atoms. The summed E-state index contributed by atoms with van der Waals surface area (Å²) in [6.07, 6.45) is -1.38. The number of amides is 1. The summed E-state index contributed by atoms with van der Waals surface area (Å²) in [5.74, 6) is -0.799. The first-order valence-electron chi connectivity index (χ1n) is 7.78. The maximum Gasteiger partial charge on any atom is 0.311 e. The van der Waals surface area contributed by atoms with Crippen LogP contribution in [0.25, 0.3) is 0 Å². The molecule has 2 aromatic carbocycles. The van der Waals surface area contributed by atoms with Crippen LogP contribution in [0.1, 0.15) is 12.5 Å². The SMILES string of the molecule is COc1ccccc1NC(=O)[C@H](C)OC(=O)Cc1ccccc1[N+](=O)[O-]. The van der Waals surface area contributed by atoms with Crippen LogP contribution in [0.2, 0.25) is 0 Å². The largest absolute Gasteiger partial charge is 0.495 e. The zero-order valence-electron chi connectivity index (χ0n) is 14.3. The van der Waals surface area contributed by atoms with E-state index < -0.39 is 22.9 Å². The Hall–Kier alpha value is -3.42. The second-order valence-corrected chi connectivity index (χ2v) is 5.38. The van der Waals surface area contributed by atoms with Crippen LogP contribution in [-0.2, 0) is 20.7 Å². The molecule has 0 heterocycles. The quantitative estimate of drug-likeness (QED) is 0.463. The van der Waals surface area contributed by atoms with E-state index in [1.807, 2.05) is 0 Å². The van der Waals surface area contributed by atoms with Crippen LogP contribution in [0.4, 0.5) is 11.4 Å². The van der Waals surface area contributed by atoms with Crippen LogP contribution in [0, 0.1) is 10.1 Å². The fourth-order valence-corrected chi connectivity index (χ4v) is 2.27. The highest BCUT2D eigenvalue weighted by Crippen LogP contribution is 2.23. The molecule has 0 saturated heterocycles. The fraction of sp³-hybridized carbons (Fsp3) is 0.222. The highest BCUT2D eigenvalue weighted by atomic mass is 16.6. The predicted molar refractivity (Wildman–Crippen MR) is 94.0 cm³/mol. The Morgan fingerprint density at radius 2 is 1.81 bits per heavy atom. The summed E-state index contributed by atoms with van der Waals surface area (Å²) in [6.45, 7) is 1.42. The molecule has 1 amide bonds. The molecule has 2 rings (SSSR count). The Morgan fingerprint density at radius 1 is 1.15 bits per heavy atom. The van der Waals surface area contributed by atoms with Crippen molar-refractivity contribution in [3.63, 3.8) is 0 Å². The summed E-state index contributed by atoms with van der Waals surface area (Å²) in [6, 6.07) is 12.7. The van der Waals surface area contributed by atoms with E-state index >= 15 is 0 Å². The lowest BCUT2D eigenvalue weighted by Gasteiger charge is -2.15. The van der Waals surface area contributed by atoms with Crippen molar-refractivity contribution >= 4 is 23.3 Å². The molecule has 1 atom stereocenters. The molecule has 0 aliphatic carbocycles. The normalized spacial score (nSPS) is 11.3. The van der Waals surface area contributed by atoms with E-state index in [0.717, 1.165) is 0 Å². The van der Waals surface area contributed by atoms with Gasteiger partial charge in [-0.05, 0) is 19.1 Å². The maximum atomic E-state index is 12.2. The predicted octanol–water partition coefficient (Wildman–Crippen LogP) is 2.72. The van der Waals surface area contributed by atoms with E-state index in [1.54, 1.807) is 30.3 Å². The Kier molecular flexibility index (Phi) is 6.26. The first kappa shape index (κ1) is 18.9. The van der Waals surface area contributed by atoms with Crippen molar-refractivity contribution in [2.24, 2.45) is 0 Å². The zero-order chi connectivity index (χ0) is 19.1. The molecule has 0 saturated carbocycles. The van der Waals surface area contributed by atoms with E-state index in [-0.39, 0.29) is 17.7 Å². The summed E-state index contributed by atoms with van der Waals surface area (Å²) in [5, 5.41) is 13.6. The average molecular weight is 358 g/mol. The molecule has 8 nitrogen and oxygen atoms in total. The minimum absolute atomic E-state index is 0.171. The third-order valence-electron chi connectivity index (χ3n) is 3.57. The fourth-order valence-electron chi connectivity index (χ4n) is 2.27. The lowest BCUT2D eigenvalue weighted by molar-refractivity contribution is -0.385. The molecule has 0 radical (unpaired) electrons. The van der Waals surface area contributed by atoms with Gasteiger partial charge in [-0.2, -0.15) is 0 Å². The molecule has 2 aromatic rings. The topological polar surface area (TPSA) is 108 Å². The highest BCUT2D eigenvalue weighted by molar-refractivity contribution is 5.96. The number of carbonyl (C=O) groups excluding carboxylic acids is 2. The van der Waals surface area contributed by atoms with Gasteiger partial charge in [0.1, 0.15) is 5.75 Å². The number of anilines is 1. The number of nitrogens with zero attached hydrogens (tertiary/aromatic N) is 1. The van der Waals surface area contributed by atoms with E-state index in [0.29, 0.717) is 11.4 Å². The number of rotatable bonds is 7. The first-order valence-corrected chi connectivity index (χ1v) is 7.78. The minimum atomic E-state index is -1.07. The van der Waals surface area contributed by atoms with Gasteiger partial charge in [0.2, 0.25) is 0 Å². The summed E-state index contributed by atoms with van der Waals surface area (Å²) >= 11 is 0. The number of nitrogens with one attached hydrogen (secondary N) is 1. The van der Waals surface area contributed by atoms with Gasteiger partial charge in [0, 0.05) is 11.6 Å². The van der Waals surface area contributed by atoms with Gasteiger partial charge in [0.05, 0.1) is 24.1 Å². The summed E-state index contributed by atoms with van der Waals surface area (Å²) < 4.78 is 10.2.